The van der Waals surface area contributed by atoms with E-state index in [1.54, 1.807) is 19.3 Å². The Morgan fingerprint density at radius 3 is 2.11 bits per heavy atom. The molecule has 18 heteroatoms. The number of nitrogens with one attached hydrogen (secondary N) is 4. The van der Waals surface area contributed by atoms with Gasteiger partial charge in [-0.1, -0.05) is 30.3 Å². The molecule has 1 fully saturated rings. The molecular formula is C26H26BrF6N5O6. The number of carboxylic acids is 2. The zero-order valence-corrected chi connectivity index (χ0v) is 24.2. The van der Waals surface area contributed by atoms with Crippen LogP contribution in [0.5, 0.6) is 0 Å². The summed E-state index contributed by atoms with van der Waals surface area (Å²) in [7, 11) is 0. The van der Waals surface area contributed by atoms with Gasteiger partial charge in [0.05, 0.1) is 24.3 Å². The molecule has 0 bridgehead atoms. The fourth-order valence-electron chi connectivity index (χ4n) is 3.80. The average molecular weight is 698 g/mol. The van der Waals surface area contributed by atoms with Gasteiger partial charge in [0.25, 0.3) is 0 Å². The maximum absolute atomic E-state index is 12.6. The third-order valence-electron chi connectivity index (χ3n) is 5.96. The number of hydrogen-bond donors (Lipinski definition) is 6. The van der Waals surface area contributed by atoms with Crippen LogP contribution in [0.15, 0.2) is 53.3 Å². The first-order valence-electron chi connectivity index (χ1n) is 12.5. The number of rotatable bonds is 6. The lowest BCUT2D eigenvalue weighted by Gasteiger charge is -2.17. The third-order valence-corrected chi connectivity index (χ3v) is 6.59. The van der Waals surface area contributed by atoms with Crippen molar-refractivity contribution in [3.05, 3.63) is 64.5 Å². The molecule has 1 aromatic carbocycles. The number of carboxylic acid groups (broad SMARTS) is 2. The Kier molecular flexibility index (Phi) is 12.7. The predicted molar refractivity (Wildman–Crippen MR) is 146 cm³/mol. The molecule has 1 saturated heterocycles. The van der Waals surface area contributed by atoms with Gasteiger partial charge in [0.1, 0.15) is 6.04 Å². The summed E-state index contributed by atoms with van der Waals surface area (Å²) in [5.41, 5.74) is 3.00. The van der Waals surface area contributed by atoms with Crippen LogP contribution in [0.4, 0.5) is 26.3 Å². The topological polar surface area (TPSA) is 174 Å². The number of aromatic nitrogens is 2. The van der Waals surface area contributed by atoms with Crippen LogP contribution >= 0.6 is 15.9 Å². The Morgan fingerprint density at radius 2 is 1.59 bits per heavy atom. The van der Waals surface area contributed by atoms with Crippen molar-refractivity contribution in [3.63, 3.8) is 0 Å². The molecule has 44 heavy (non-hydrogen) atoms. The van der Waals surface area contributed by atoms with E-state index in [9.17, 15) is 35.9 Å². The number of aromatic amines is 1. The number of benzene rings is 1. The van der Waals surface area contributed by atoms with Gasteiger partial charge in [0.2, 0.25) is 11.8 Å². The van der Waals surface area contributed by atoms with Gasteiger partial charge in [-0.05, 0) is 46.8 Å². The molecular weight excluding hydrogens is 672 g/mol. The van der Waals surface area contributed by atoms with Gasteiger partial charge < -0.3 is 31.1 Å². The fourth-order valence-corrected chi connectivity index (χ4v) is 4.25. The lowest BCUT2D eigenvalue weighted by molar-refractivity contribution is -0.193. The molecule has 2 amide bonds. The quantitative estimate of drug-likeness (QED) is 0.211. The first kappa shape index (κ1) is 36.0. The second-order valence-corrected chi connectivity index (χ2v) is 10.1. The highest BCUT2D eigenvalue weighted by molar-refractivity contribution is 9.10. The highest BCUT2D eigenvalue weighted by Gasteiger charge is 2.39. The molecule has 2 aromatic heterocycles. The van der Waals surface area contributed by atoms with E-state index in [1.807, 2.05) is 24.3 Å². The summed E-state index contributed by atoms with van der Waals surface area (Å²) < 4.78 is 64.4. The van der Waals surface area contributed by atoms with Crippen LogP contribution in [0, 0.1) is 0 Å². The molecule has 4 rings (SSSR count). The second kappa shape index (κ2) is 15.5. The monoisotopic (exact) mass is 697 g/mol. The van der Waals surface area contributed by atoms with Gasteiger partial charge in [-0.2, -0.15) is 26.3 Å². The van der Waals surface area contributed by atoms with E-state index in [4.69, 9.17) is 19.8 Å². The molecule has 11 nitrogen and oxygen atoms in total. The number of pyridine rings is 1. The summed E-state index contributed by atoms with van der Waals surface area (Å²) in [4.78, 5) is 50.2. The second-order valence-electron chi connectivity index (χ2n) is 9.24. The first-order valence-corrected chi connectivity index (χ1v) is 13.3. The molecule has 0 unspecified atom stereocenters. The number of aliphatic carboxylic acids is 2. The van der Waals surface area contributed by atoms with Crippen LogP contribution in [0.25, 0.3) is 10.9 Å². The summed E-state index contributed by atoms with van der Waals surface area (Å²) >= 11 is 3.47. The minimum atomic E-state index is -5.08. The summed E-state index contributed by atoms with van der Waals surface area (Å²) in [6.45, 7) is 2.80. The van der Waals surface area contributed by atoms with Crippen LogP contribution in [0.2, 0.25) is 0 Å². The van der Waals surface area contributed by atoms with Crippen LogP contribution in [-0.4, -0.2) is 74.9 Å². The zero-order valence-electron chi connectivity index (χ0n) is 22.6. The van der Waals surface area contributed by atoms with Crippen molar-refractivity contribution in [3.8, 4) is 0 Å². The minimum absolute atomic E-state index is 0.142. The van der Waals surface area contributed by atoms with Gasteiger partial charge in [-0.3, -0.25) is 14.6 Å². The summed E-state index contributed by atoms with van der Waals surface area (Å²) in [5.74, 6) is -5.57. The van der Waals surface area contributed by atoms with Crippen LogP contribution < -0.4 is 16.0 Å². The summed E-state index contributed by atoms with van der Waals surface area (Å²) in [5, 5.41) is 24.2. The van der Waals surface area contributed by atoms with Crippen molar-refractivity contribution in [2.24, 2.45) is 0 Å². The number of amides is 2. The van der Waals surface area contributed by atoms with Crippen molar-refractivity contribution in [2.45, 2.75) is 50.2 Å². The third kappa shape index (κ3) is 11.1. The van der Waals surface area contributed by atoms with Gasteiger partial charge >= 0.3 is 24.3 Å². The van der Waals surface area contributed by atoms with E-state index in [2.05, 4.69) is 54.0 Å². The fraction of sp³-hybridized carbons (Fsp3) is 0.346. The Labute approximate surface area is 253 Å². The minimum Gasteiger partial charge on any atom is -0.475 e. The highest BCUT2D eigenvalue weighted by Crippen LogP contribution is 2.26. The SMILES string of the molecule is C[C@H](NC(=O)[C@H]1C[C@H](c2ccccc2)CN1)C(=O)NCc1cc2c(Br)cncc2[nH]1.O=C(O)C(F)(F)F.O=C(O)C(F)(F)F. The Hall–Kier alpha value is -4.19. The van der Waals surface area contributed by atoms with Crippen molar-refractivity contribution in [2.75, 3.05) is 6.54 Å². The molecule has 3 atom stereocenters. The van der Waals surface area contributed by atoms with E-state index in [0.717, 1.165) is 34.0 Å². The molecule has 3 aromatic rings. The molecule has 3 heterocycles. The van der Waals surface area contributed by atoms with E-state index in [-0.39, 0.29) is 17.9 Å². The largest absolute Gasteiger partial charge is 0.490 e. The zero-order chi connectivity index (χ0) is 33.2. The van der Waals surface area contributed by atoms with Gasteiger partial charge in [0.15, 0.2) is 0 Å². The Balaban J connectivity index is 0.000000402. The Morgan fingerprint density at radius 1 is 1.02 bits per heavy atom. The number of H-pyrrole nitrogens is 1. The number of halogens is 7. The number of fused-ring (bicyclic) bond motifs is 1. The number of hydrogen-bond acceptors (Lipinski definition) is 6. The summed E-state index contributed by atoms with van der Waals surface area (Å²) in [6, 6.07) is 11.2. The molecule has 1 aliphatic rings. The number of carbonyl (C=O) groups is 4. The lowest BCUT2D eigenvalue weighted by Crippen LogP contribution is -2.49. The smallest absolute Gasteiger partial charge is 0.475 e. The molecule has 0 aliphatic carbocycles. The van der Waals surface area contributed by atoms with Crippen LogP contribution in [-0.2, 0) is 25.7 Å². The van der Waals surface area contributed by atoms with Gasteiger partial charge in [-0.15, -0.1) is 0 Å². The molecule has 0 radical (unpaired) electrons. The normalized spacial score (nSPS) is 16.9. The van der Waals surface area contributed by atoms with Crippen molar-refractivity contribution in [1.82, 2.24) is 25.9 Å². The standard InChI is InChI=1S/C22H24BrN5O2.2C2HF3O2/c1-13(21(29)26-10-16-8-17-18(23)11-24-12-20(17)28-16)27-22(30)19-7-15(9-25-19)14-5-3-2-4-6-14;2*3-2(4,5)1(6)7/h2-6,8,11-13,15,19,25,28H,7,9-10H2,1H3,(H,26,29)(H,27,30);2*(H,6,7)/t13-,15-,19+;;/m0../s1. The van der Waals surface area contributed by atoms with Crippen LogP contribution in [0.3, 0.4) is 0 Å². The summed E-state index contributed by atoms with van der Waals surface area (Å²) in [6.07, 6.45) is -5.97. The van der Waals surface area contributed by atoms with Gasteiger partial charge in [0, 0.05) is 28.3 Å². The Bertz CT molecular complexity index is 1430. The van der Waals surface area contributed by atoms with E-state index < -0.39 is 30.3 Å². The first-order chi connectivity index (χ1) is 20.4. The van der Waals surface area contributed by atoms with E-state index in [0.29, 0.717) is 12.5 Å². The maximum atomic E-state index is 12.6. The van der Waals surface area contributed by atoms with Crippen molar-refractivity contribution in [1.29, 1.82) is 0 Å². The average Bonchev–Trinajstić information content (AvgIpc) is 3.60. The molecule has 1 aliphatic heterocycles. The molecule has 0 spiro atoms. The molecule has 6 N–H and O–H groups in total. The maximum Gasteiger partial charge on any atom is 0.490 e. The van der Waals surface area contributed by atoms with Crippen LogP contribution in [0.1, 0.15) is 30.5 Å². The van der Waals surface area contributed by atoms with Gasteiger partial charge in [-0.25, -0.2) is 9.59 Å². The lowest BCUT2D eigenvalue weighted by atomic mass is 9.96. The van der Waals surface area contributed by atoms with Crippen molar-refractivity contribution < 1.29 is 55.7 Å². The molecule has 0 saturated carbocycles. The van der Waals surface area contributed by atoms with E-state index in [1.165, 1.54) is 5.56 Å². The van der Waals surface area contributed by atoms with E-state index >= 15 is 0 Å². The predicted octanol–water partition coefficient (Wildman–Crippen LogP) is 3.86. The highest BCUT2D eigenvalue weighted by atomic mass is 79.9. The number of nitrogens with zero attached hydrogens (tertiary/aromatic N) is 1. The molecule has 240 valence electrons. The van der Waals surface area contributed by atoms with Crippen molar-refractivity contribution >= 4 is 50.6 Å². The number of carbonyl (C=O) groups excluding carboxylic acids is 2. The number of alkyl halides is 6.